The molecule has 0 heterocycles. The first kappa shape index (κ1) is 14.4. The van der Waals surface area contributed by atoms with Gasteiger partial charge in [0.15, 0.2) is 0 Å². The van der Waals surface area contributed by atoms with Gasteiger partial charge in [0.1, 0.15) is 12.4 Å². The molecule has 0 fully saturated rings. The van der Waals surface area contributed by atoms with Gasteiger partial charge in [-0.15, -0.1) is 0 Å². The van der Waals surface area contributed by atoms with E-state index in [4.69, 9.17) is 32.8 Å². The minimum Gasteiger partial charge on any atom is -0.487 e. The molecule has 2 aromatic carbocycles. The predicted octanol–water partition coefficient (Wildman–Crippen LogP) is 3.66. The number of rotatable bonds is 4. The molecule has 0 aromatic heterocycles. The summed E-state index contributed by atoms with van der Waals surface area (Å²) in [4.78, 5) is 9.08. The first-order chi connectivity index (χ1) is 9.06. The molecule has 0 radical (unpaired) electrons. The zero-order valence-corrected chi connectivity index (χ0v) is 12.3. The van der Waals surface area contributed by atoms with Gasteiger partial charge in [-0.1, -0.05) is 35.3 Å². The van der Waals surface area contributed by atoms with Gasteiger partial charge in [0.2, 0.25) is 8.03 Å². The second kappa shape index (κ2) is 6.44. The Morgan fingerprint density at radius 1 is 1.16 bits per heavy atom. The lowest BCUT2D eigenvalue weighted by Gasteiger charge is -2.09. The van der Waals surface area contributed by atoms with Gasteiger partial charge in [-0.2, -0.15) is 0 Å². The van der Waals surface area contributed by atoms with E-state index in [-0.39, 0.29) is 6.61 Å². The normalized spacial score (nSPS) is 12.2. The fraction of sp³-hybridized carbons (Fsp3) is 0.0769. The number of benzene rings is 2. The molecule has 100 valence electrons. The van der Waals surface area contributed by atoms with Crippen LogP contribution in [-0.2, 0) is 11.2 Å². The maximum absolute atomic E-state index is 11.0. The number of hydrogen-bond acceptors (Lipinski definition) is 2. The molecule has 0 aliphatic rings. The van der Waals surface area contributed by atoms with Crippen molar-refractivity contribution in [2.75, 3.05) is 0 Å². The van der Waals surface area contributed by atoms with E-state index >= 15 is 0 Å². The highest BCUT2D eigenvalue weighted by atomic mass is 35.5. The zero-order valence-electron chi connectivity index (χ0n) is 9.77. The van der Waals surface area contributed by atoms with Crippen molar-refractivity contribution in [1.29, 1.82) is 0 Å². The van der Waals surface area contributed by atoms with E-state index in [2.05, 4.69) is 0 Å². The lowest BCUT2D eigenvalue weighted by atomic mass is 10.2. The minimum atomic E-state index is -2.68. The van der Waals surface area contributed by atoms with Gasteiger partial charge >= 0.3 is 0 Å². The Balaban J connectivity index is 2.10. The molecule has 0 aliphatic carbocycles. The van der Waals surface area contributed by atoms with Crippen molar-refractivity contribution in [3.63, 3.8) is 0 Å². The highest BCUT2D eigenvalue weighted by Gasteiger charge is 2.04. The molecule has 0 saturated carbocycles. The van der Waals surface area contributed by atoms with Crippen molar-refractivity contribution in [2.24, 2.45) is 0 Å². The number of hydrogen-bond donors (Lipinski definition) is 1. The molecule has 0 bridgehead atoms. The van der Waals surface area contributed by atoms with E-state index in [1.54, 1.807) is 36.4 Å². The topological polar surface area (TPSA) is 46.5 Å². The minimum absolute atomic E-state index is 0.268. The molecule has 1 N–H and O–H groups in total. The molecule has 19 heavy (non-hydrogen) atoms. The smallest absolute Gasteiger partial charge is 0.218 e. The average Bonchev–Trinajstić information content (AvgIpc) is 2.38. The van der Waals surface area contributed by atoms with Crippen LogP contribution in [0.25, 0.3) is 0 Å². The second-order valence-corrected chi connectivity index (χ2v) is 5.90. The van der Waals surface area contributed by atoms with Crippen LogP contribution in [0.15, 0.2) is 42.5 Å². The summed E-state index contributed by atoms with van der Waals surface area (Å²) in [5.41, 5.74) is 0.802. The predicted molar refractivity (Wildman–Crippen MR) is 78.1 cm³/mol. The van der Waals surface area contributed by atoms with E-state index in [9.17, 15) is 4.57 Å². The Labute approximate surface area is 121 Å². The van der Waals surface area contributed by atoms with Gasteiger partial charge in [-0.25, -0.2) is 0 Å². The summed E-state index contributed by atoms with van der Waals surface area (Å²) in [6.45, 7) is 0.268. The van der Waals surface area contributed by atoms with Crippen LogP contribution < -0.4 is 10.0 Å². The summed E-state index contributed by atoms with van der Waals surface area (Å²) in [6, 6.07) is 11.8. The quantitative estimate of drug-likeness (QED) is 0.875. The third kappa shape index (κ3) is 3.99. The Morgan fingerprint density at radius 2 is 1.95 bits per heavy atom. The van der Waals surface area contributed by atoms with Crippen LogP contribution >= 0.6 is 31.2 Å². The van der Waals surface area contributed by atoms with E-state index in [0.29, 0.717) is 21.1 Å². The monoisotopic (exact) mass is 316 g/mol. The van der Waals surface area contributed by atoms with Gasteiger partial charge in [0.25, 0.3) is 0 Å². The third-order valence-electron chi connectivity index (χ3n) is 2.46. The lowest BCUT2D eigenvalue weighted by Crippen LogP contribution is -2.01. The van der Waals surface area contributed by atoms with Crippen molar-refractivity contribution in [1.82, 2.24) is 0 Å². The first-order valence-corrected chi connectivity index (χ1v) is 7.57. The Morgan fingerprint density at radius 3 is 2.63 bits per heavy atom. The van der Waals surface area contributed by atoms with Gasteiger partial charge in [0.05, 0.1) is 5.02 Å². The van der Waals surface area contributed by atoms with Crippen LogP contribution in [0.2, 0.25) is 10.0 Å². The van der Waals surface area contributed by atoms with Gasteiger partial charge in [0, 0.05) is 10.3 Å². The van der Waals surface area contributed by atoms with E-state index < -0.39 is 8.03 Å². The summed E-state index contributed by atoms with van der Waals surface area (Å²) in [6.07, 6.45) is 0. The summed E-state index contributed by atoms with van der Waals surface area (Å²) in [5.74, 6) is 0.521. The van der Waals surface area contributed by atoms with Crippen molar-refractivity contribution < 1.29 is 14.2 Å². The molecule has 1 atom stereocenters. The molecule has 3 nitrogen and oxygen atoms in total. The molecular weight excluding hydrogens is 306 g/mol. The highest BCUT2D eigenvalue weighted by molar-refractivity contribution is 7.47. The zero-order chi connectivity index (χ0) is 13.8. The van der Waals surface area contributed by atoms with Crippen LogP contribution in [-0.4, -0.2) is 4.89 Å². The Bertz CT molecular complexity index is 617. The van der Waals surface area contributed by atoms with Crippen molar-refractivity contribution in [3.8, 4) is 5.75 Å². The molecule has 0 aliphatic heterocycles. The van der Waals surface area contributed by atoms with Gasteiger partial charge < -0.3 is 9.63 Å². The Hall–Kier alpha value is -0.990. The standard InChI is InChI=1S/C13H11Cl2O3P/c14-10-4-5-13(12(15)7-10)18-8-9-2-1-3-11(6-9)19(16)17/h1-7,19H,8H2,(H,16,17). The molecule has 1 unspecified atom stereocenters. The van der Waals surface area contributed by atoms with Crippen LogP contribution in [0, 0.1) is 0 Å². The highest BCUT2D eigenvalue weighted by Crippen LogP contribution is 2.28. The second-order valence-electron chi connectivity index (χ2n) is 3.87. The van der Waals surface area contributed by atoms with Crippen LogP contribution in [0.3, 0.4) is 0 Å². The molecular formula is C13H11Cl2O3P. The third-order valence-corrected chi connectivity index (χ3v) is 3.80. The largest absolute Gasteiger partial charge is 0.487 e. The fourth-order valence-corrected chi connectivity index (χ4v) is 2.56. The fourth-order valence-electron chi connectivity index (χ4n) is 1.55. The molecule has 0 saturated heterocycles. The van der Waals surface area contributed by atoms with Crippen LogP contribution in [0.1, 0.15) is 5.56 Å². The maximum Gasteiger partial charge on any atom is 0.218 e. The average molecular weight is 317 g/mol. The lowest BCUT2D eigenvalue weighted by molar-refractivity contribution is 0.306. The van der Waals surface area contributed by atoms with Crippen molar-refractivity contribution in [2.45, 2.75) is 6.61 Å². The maximum atomic E-state index is 11.0. The SMILES string of the molecule is O=[PH](O)c1cccc(COc2ccc(Cl)cc2Cl)c1. The summed E-state index contributed by atoms with van der Waals surface area (Å²) >= 11 is 11.8. The first-order valence-electron chi connectivity index (χ1n) is 5.46. The summed E-state index contributed by atoms with van der Waals surface area (Å²) in [7, 11) is -2.68. The Kier molecular flexibility index (Phi) is 4.89. The van der Waals surface area contributed by atoms with Crippen molar-refractivity contribution in [3.05, 3.63) is 58.1 Å². The van der Waals surface area contributed by atoms with E-state index in [0.717, 1.165) is 5.56 Å². The van der Waals surface area contributed by atoms with E-state index in [1.165, 1.54) is 0 Å². The molecule has 6 heteroatoms. The summed E-state index contributed by atoms with van der Waals surface area (Å²) < 4.78 is 16.6. The van der Waals surface area contributed by atoms with Gasteiger partial charge in [-0.3, -0.25) is 4.57 Å². The summed E-state index contributed by atoms with van der Waals surface area (Å²) in [5, 5.41) is 1.38. The van der Waals surface area contributed by atoms with E-state index in [1.807, 2.05) is 6.07 Å². The van der Waals surface area contributed by atoms with Crippen LogP contribution in [0.4, 0.5) is 0 Å². The van der Waals surface area contributed by atoms with Crippen molar-refractivity contribution >= 4 is 36.5 Å². The van der Waals surface area contributed by atoms with Crippen LogP contribution in [0.5, 0.6) is 5.75 Å². The molecule has 2 rings (SSSR count). The molecule has 0 amide bonds. The molecule has 0 spiro atoms. The number of ether oxygens (including phenoxy) is 1. The number of halogens is 2. The molecule has 2 aromatic rings. The van der Waals surface area contributed by atoms with Gasteiger partial charge in [-0.05, 0) is 35.9 Å².